The third kappa shape index (κ3) is 3.32. The zero-order valence-electron chi connectivity index (χ0n) is 11.4. The third-order valence-corrected chi connectivity index (χ3v) is 2.98. The highest BCUT2D eigenvalue weighted by Crippen LogP contribution is 2.10. The van der Waals surface area contributed by atoms with Gasteiger partial charge >= 0.3 is 0 Å². The first-order valence-corrected chi connectivity index (χ1v) is 6.62. The lowest BCUT2D eigenvalue weighted by Gasteiger charge is -2.06. The molecule has 0 fully saturated rings. The predicted octanol–water partition coefficient (Wildman–Crippen LogP) is 1.26. The van der Waals surface area contributed by atoms with Crippen LogP contribution in [0.15, 0.2) is 24.4 Å². The molecule has 0 aliphatic carbocycles. The number of imidazole rings is 1. The van der Waals surface area contributed by atoms with Gasteiger partial charge in [0.2, 0.25) is 5.91 Å². The fourth-order valence-corrected chi connectivity index (χ4v) is 2.00. The van der Waals surface area contributed by atoms with Gasteiger partial charge in [0.05, 0.1) is 17.9 Å². The lowest BCUT2D eigenvalue weighted by atomic mass is 10.3. The van der Waals surface area contributed by atoms with Crippen molar-refractivity contribution in [2.45, 2.75) is 26.8 Å². The van der Waals surface area contributed by atoms with Crippen molar-refractivity contribution >= 4 is 11.6 Å². The highest BCUT2D eigenvalue weighted by atomic mass is 16.1. The Bertz CT molecular complexity index is 562. The Labute approximate surface area is 113 Å². The maximum Gasteiger partial charge on any atom is 0.233 e. The van der Waals surface area contributed by atoms with Crippen molar-refractivity contribution in [1.82, 2.24) is 20.0 Å². The van der Waals surface area contributed by atoms with E-state index in [4.69, 9.17) is 0 Å². The molecule has 0 bridgehead atoms. The Kier molecular flexibility index (Phi) is 4.52. The second kappa shape index (κ2) is 6.33. The number of hydrogen-bond acceptors (Lipinski definition) is 3. The second-order valence-corrected chi connectivity index (χ2v) is 4.53. The van der Waals surface area contributed by atoms with Gasteiger partial charge < -0.3 is 15.0 Å². The normalized spacial score (nSPS) is 10.8. The fourth-order valence-electron chi connectivity index (χ4n) is 2.00. The van der Waals surface area contributed by atoms with Gasteiger partial charge in [0.1, 0.15) is 5.65 Å². The molecule has 0 atom stereocenters. The molecule has 2 aromatic heterocycles. The standard InChI is InChI=1S/C14H20N4O/c1-3-7-16-14(19)10-15-9-12-11(2)17-13-6-4-5-8-18(12)13/h4-6,8,15H,3,7,9-10H2,1-2H3,(H,16,19). The summed E-state index contributed by atoms with van der Waals surface area (Å²) in [5.74, 6) is 0.0355. The van der Waals surface area contributed by atoms with E-state index in [9.17, 15) is 4.79 Å². The number of pyridine rings is 1. The first kappa shape index (κ1) is 13.5. The van der Waals surface area contributed by atoms with Crippen molar-refractivity contribution in [2.75, 3.05) is 13.1 Å². The molecule has 0 aliphatic rings. The first-order valence-electron chi connectivity index (χ1n) is 6.62. The van der Waals surface area contributed by atoms with Gasteiger partial charge in [0.25, 0.3) is 0 Å². The number of aromatic nitrogens is 2. The minimum atomic E-state index is 0.0355. The van der Waals surface area contributed by atoms with Crippen molar-refractivity contribution < 1.29 is 4.79 Å². The molecule has 0 saturated heterocycles. The van der Waals surface area contributed by atoms with Crippen LogP contribution < -0.4 is 10.6 Å². The monoisotopic (exact) mass is 260 g/mol. The summed E-state index contributed by atoms with van der Waals surface area (Å²) in [5, 5.41) is 6.00. The Balaban J connectivity index is 1.94. The van der Waals surface area contributed by atoms with Gasteiger partial charge in [0, 0.05) is 19.3 Å². The van der Waals surface area contributed by atoms with Crippen LogP contribution in [0.4, 0.5) is 0 Å². The van der Waals surface area contributed by atoms with Crippen LogP contribution in [0.5, 0.6) is 0 Å². The minimum Gasteiger partial charge on any atom is -0.355 e. The van der Waals surface area contributed by atoms with E-state index >= 15 is 0 Å². The molecule has 5 nitrogen and oxygen atoms in total. The number of aryl methyl sites for hydroxylation is 1. The highest BCUT2D eigenvalue weighted by Gasteiger charge is 2.08. The zero-order chi connectivity index (χ0) is 13.7. The quantitative estimate of drug-likeness (QED) is 0.822. The molecule has 0 saturated carbocycles. The van der Waals surface area contributed by atoms with E-state index in [1.54, 1.807) is 0 Å². The second-order valence-electron chi connectivity index (χ2n) is 4.53. The van der Waals surface area contributed by atoms with Crippen molar-refractivity contribution in [2.24, 2.45) is 0 Å². The number of hydrogen-bond donors (Lipinski definition) is 2. The number of nitrogens with one attached hydrogen (secondary N) is 2. The van der Waals surface area contributed by atoms with E-state index in [0.717, 1.165) is 30.0 Å². The van der Waals surface area contributed by atoms with Gasteiger partial charge in [-0.05, 0) is 25.5 Å². The number of rotatable bonds is 6. The van der Waals surface area contributed by atoms with Crippen LogP contribution in [-0.2, 0) is 11.3 Å². The van der Waals surface area contributed by atoms with E-state index in [1.165, 1.54) is 0 Å². The molecule has 1 amide bonds. The van der Waals surface area contributed by atoms with Gasteiger partial charge in [-0.3, -0.25) is 4.79 Å². The number of nitrogens with zero attached hydrogens (tertiary/aromatic N) is 2. The molecule has 0 aromatic carbocycles. The molecule has 0 unspecified atom stereocenters. The topological polar surface area (TPSA) is 58.4 Å². The largest absolute Gasteiger partial charge is 0.355 e. The molecule has 2 N–H and O–H groups in total. The summed E-state index contributed by atoms with van der Waals surface area (Å²) < 4.78 is 2.05. The molecular weight excluding hydrogens is 240 g/mol. The Morgan fingerprint density at radius 3 is 3.05 bits per heavy atom. The van der Waals surface area contributed by atoms with Gasteiger partial charge in [-0.2, -0.15) is 0 Å². The van der Waals surface area contributed by atoms with E-state index in [0.29, 0.717) is 13.1 Å². The summed E-state index contributed by atoms with van der Waals surface area (Å²) >= 11 is 0. The molecule has 0 spiro atoms. The van der Waals surface area contributed by atoms with E-state index in [-0.39, 0.29) is 5.91 Å². The zero-order valence-corrected chi connectivity index (χ0v) is 11.4. The molecule has 2 rings (SSSR count). The number of amides is 1. The minimum absolute atomic E-state index is 0.0355. The van der Waals surface area contributed by atoms with Crippen LogP contribution in [0.2, 0.25) is 0 Å². The summed E-state index contributed by atoms with van der Waals surface area (Å²) in [5.41, 5.74) is 3.03. The fraction of sp³-hybridized carbons (Fsp3) is 0.429. The number of carbonyl (C=O) groups is 1. The molecule has 0 aliphatic heterocycles. The summed E-state index contributed by atoms with van der Waals surface area (Å²) in [4.78, 5) is 16.0. The van der Waals surface area contributed by atoms with Gasteiger partial charge in [-0.1, -0.05) is 13.0 Å². The Morgan fingerprint density at radius 2 is 2.26 bits per heavy atom. The molecule has 5 heteroatoms. The van der Waals surface area contributed by atoms with E-state index in [1.807, 2.05) is 42.6 Å². The van der Waals surface area contributed by atoms with Crippen LogP contribution in [0.25, 0.3) is 5.65 Å². The van der Waals surface area contributed by atoms with Gasteiger partial charge in [0.15, 0.2) is 0 Å². The van der Waals surface area contributed by atoms with Gasteiger partial charge in [-0.15, -0.1) is 0 Å². The predicted molar refractivity (Wildman–Crippen MR) is 74.9 cm³/mol. The Morgan fingerprint density at radius 1 is 1.42 bits per heavy atom. The van der Waals surface area contributed by atoms with E-state index in [2.05, 4.69) is 15.6 Å². The molecule has 19 heavy (non-hydrogen) atoms. The third-order valence-electron chi connectivity index (χ3n) is 2.98. The lowest BCUT2D eigenvalue weighted by Crippen LogP contribution is -2.34. The van der Waals surface area contributed by atoms with Crippen LogP contribution >= 0.6 is 0 Å². The maximum absolute atomic E-state index is 11.5. The van der Waals surface area contributed by atoms with Crippen LogP contribution in [0, 0.1) is 6.92 Å². The molecule has 2 heterocycles. The average Bonchev–Trinajstić information content (AvgIpc) is 2.73. The van der Waals surface area contributed by atoms with Crippen molar-refractivity contribution in [1.29, 1.82) is 0 Å². The van der Waals surface area contributed by atoms with Crippen LogP contribution in [-0.4, -0.2) is 28.4 Å². The number of carbonyl (C=O) groups excluding carboxylic acids is 1. The summed E-state index contributed by atoms with van der Waals surface area (Å²) in [6, 6.07) is 5.92. The Hall–Kier alpha value is -1.88. The number of fused-ring (bicyclic) bond motifs is 1. The molecule has 0 radical (unpaired) electrons. The van der Waals surface area contributed by atoms with Gasteiger partial charge in [-0.25, -0.2) is 4.98 Å². The maximum atomic E-state index is 11.5. The van der Waals surface area contributed by atoms with E-state index < -0.39 is 0 Å². The lowest BCUT2D eigenvalue weighted by molar-refractivity contribution is -0.120. The summed E-state index contributed by atoms with van der Waals surface area (Å²) in [6.45, 7) is 5.72. The summed E-state index contributed by atoms with van der Waals surface area (Å²) in [6.07, 6.45) is 2.95. The SMILES string of the molecule is CCCNC(=O)CNCc1c(C)nc2ccccn12. The summed E-state index contributed by atoms with van der Waals surface area (Å²) in [7, 11) is 0. The molecular formula is C14H20N4O. The average molecular weight is 260 g/mol. The first-order chi connectivity index (χ1) is 9.22. The van der Waals surface area contributed by atoms with Crippen molar-refractivity contribution in [3.63, 3.8) is 0 Å². The molecule has 102 valence electrons. The van der Waals surface area contributed by atoms with Crippen LogP contribution in [0.1, 0.15) is 24.7 Å². The molecule has 2 aromatic rings. The highest BCUT2D eigenvalue weighted by molar-refractivity contribution is 5.77. The van der Waals surface area contributed by atoms with Crippen LogP contribution in [0.3, 0.4) is 0 Å². The van der Waals surface area contributed by atoms with Crippen molar-refractivity contribution in [3.8, 4) is 0 Å². The smallest absolute Gasteiger partial charge is 0.233 e. The van der Waals surface area contributed by atoms with Crippen molar-refractivity contribution in [3.05, 3.63) is 35.8 Å².